The van der Waals surface area contributed by atoms with Gasteiger partial charge in [-0.3, -0.25) is 0 Å². The van der Waals surface area contributed by atoms with E-state index in [9.17, 15) is 0 Å². The van der Waals surface area contributed by atoms with Crippen molar-refractivity contribution in [2.75, 3.05) is 0 Å². The fraction of sp³-hybridized carbons (Fsp3) is 0.176. The minimum atomic E-state index is 1.12. The molecule has 0 atom stereocenters. The van der Waals surface area contributed by atoms with Crippen LogP contribution in [0.3, 0.4) is 0 Å². The van der Waals surface area contributed by atoms with E-state index in [1.165, 1.54) is 11.3 Å². The Bertz CT molecular complexity index is 556. The lowest BCUT2D eigenvalue weighted by atomic mass is 9.97. The summed E-state index contributed by atoms with van der Waals surface area (Å²) in [5.41, 5.74) is 5.80. The van der Waals surface area contributed by atoms with Crippen molar-refractivity contribution in [2.24, 2.45) is 0 Å². The van der Waals surface area contributed by atoms with Crippen LogP contribution < -0.4 is 0 Å². The van der Waals surface area contributed by atoms with E-state index in [4.69, 9.17) is 0 Å². The summed E-state index contributed by atoms with van der Waals surface area (Å²) >= 11 is 0. The molecule has 0 N–H and O–H groups in total. The van der Waals surface area contributed by atoms with Crippen molar-refractivity contribution in [2.45, 2.75) is 20.7 Å². The first kappa shape index (κ1) is 15.1. The highest BCUT2D eigenvalue weighted by Crippen LogP contribution is 2.26. The molecule has 0 aliphatic rings. The minimum absolute atomic E-state index is 1.12. The summed E-state index contributed by atoms with van der Waals surface area (Å²) in [4.78, 5) is 0. The SMILES string of the molecule is C=C/C=C\c1c(C=C)c(C)c(/C=C(\C)C=C)n1[B]C. The summed E-state index contributed by atoms with van der Waals surface area (Å²) in [6.45, 7) is 17.6. The molecule has 2 heteroatoms. The van der Waals surface area contributed by atoms with Gasteiger partial charge in [0.25, 0.3) is 0 Å². The van der Waals surface area contributed by atoms with Crippen LogP contribution in [-0.4, -0.2) is 11.9 Å². The van der Waals surface area contributed by atoms with Crippen LogP contribution in [0.4, 0.5) is 0 Å². The topological polar surface area (TPSA) is 4.93 Å². The van der Waals surface area contributed by atoms with Crippen molar-refractivity contribution in [1.29, 1.82) is 0 Å². The minimum Gasteiger partial charge on any atom is -0.391 e. The van der Waals surface area contributed by atoms with Crippen LogP contribution in [0.15, 0.2) is 43.5 Å². The highest BCUT2D eigenvalue weighted by molar-refractivity contribution is 6.33. The third-order valence-corrected chi connectivity index (χ3v) is 3.12. The van der Waals surface area contributed by atoms with Gasteiger partial charge in [0.15, 0.2) is 0 Å². The van der Waals surface area contributed by atoms with E-state index in [0.717, 1.165) is 16.8 Å². The molecule has 97 valence electrons. The zero-order valence-corrected chi connectivity index (χ0v) is 12.1. The van der Waals surface area contributed by atoms with Crippen LogP contribution in [0.5, 0.6) is 0 Å². The van der Waals surface area contributed by atoms with Gasteiger partial charge in [0.2, 0.25) is 7.41 Å². The van der Waals surface area contributed by atoms with Crippen LogP contribution in [0, 0.1) is 6.92 Å². The molecule has 0 saturated heterocycles. The van der Waals surface area contributed by atoms with Gasteiger partial charge in [-0.1, -0.05) is 50.9 Å². The monoisotopic (exact) mass is 250 g/mol. The van der Waals surface area contributed by atoms with Gasteiger partial charge in [-0.2, -0.15) is 0 Å². The van der Waals surface area contributed by atoms with Gasteiger partial charge in [-0.05, 0) is 37.1 Å². The van der Waals surface area contributed by atoms with Gasteiger partial charge < -0.3 is 4.48 Å². The lowest BCUT2D eigenvalue weighted by Crippen LogP contribution is -2.06. The van der Waals surface area contributed by atoms with E-state index >= 15 is 0 Å². The molecule has 1 heterocycles. The molecule has 1 radical (unpaired) electrons. The van der Waals surface area contributed by atoms with Gasteiger partial charge in [-0.15, -0.1) is 0 Å². The predicted molar refractivity (Wildman–Crippen MR) is 89.4 cm³/mol. The molecule has 0 amide bonds. The molecule has 19 heavy (non-hydrogen) atoms. The van der Waals surface area contributed by atoms with Crippen molar-refractivity contribution in [3.8, 4) is 0 Å². The standard InChI is InChI=1S/C17H21BN/c1-7-10-11-16-15(9-3)14(5)17(19(16)18-6)12-13(4)8-2/h7-12H,1-3H2,4-6H3/b11-10-,13-12+. The lowest BCUT2D eigenvalue weighted by Gasteiger charge is -2.07. The average molecular weight is 250 g/mol. The van der Waals surface area contributed by atoms with Gasteiger partial charge in [-0.25, -0.2) is 0 Å². The van der Waals surface area contributed by atoms with E-state index in [2.05, 4.69) is 50.7 Å². The third-order valence-electron chi connectivity index (χ3n) is 3.12. The number of aromatic nitrogens is 1. The fourth-order valence-electron chi connectivity index (χ4n) is 2.09. The van der Waals surface area contributed by atoms with E-state index < -0.39 is 0 Å². The average Bonchev–Trinajstić information content (AvgIpc) is 2.67. The number of hydrogen-bond donors (Lipinski definition) is 0. The molecule has 1 nitrogen and oxygen atoms in total. The Hall–Kier alpha value is -1.96. The molecule has 0 aliphatic heterocycles. The van der Waals surface area contributed by atoms with Gasteiger partial charge in [0.05, 0.1) is 0 Å². The normalized spacial score (nSPS) is 11.6. The summed E-state index contributed by atoms with van der Waals surface area (Å²) in [7, 11) is 2.06. The second-order valence-corrected chi connectivity index (χ2v) is 4.33. The highest BCUT2D eigenvalue weighted by atomic mass is 14.9. The Balaban J connectivity index is 3.60. The largest absolute Gasteiger partial charge is 0.391 e. The highest BCUT2D eigenvalue weighted by Gasteiger charge is 2.13. The first-order chi connectivity index (χ1) is 9.10. The lowest BCUT2D eigenvalue weighted by molar-refractivity contribution is 1.17. The first-order valence-electron chi connectivity index (χ1n) is 6.37. The smallest absolute Gasteiger partial charge is 0.249 e. The summed E-state index contributed by atoms with van der Waals surface area (Å²) in [5.74, 6) is 0. The molecule has 0 spiro atoms. The molecule has 1 rings (SSSR count). The van der Waals surface area contributed by atoms with E-state index in [1.807, 2.05) is 32.0 Å². The Morgan fingerprint density at radius 1 is 1.21 bits per heavy atom. The maximum absolute atomic E-state index is 3.92. The molecule has 0 aromatic carbocycles. The summed E-state index contributed by atoms with van der Waals surface area (Å²) in [5, 5.41) is 0. The quantitative estimate of drug-likeness (QED) is 0.507. The number of rotatable bonds is 6. The Labute approximate surface area is 117 Å². The number of allylic oxidation sites excluding steroid dienone is 4. The van der Waals surface area contributed by atoms with E-state index in [-0.39, 0.29) is 0 Å². The van der Waals surface area contributed by atoms with Crippen LogP contribution >= 0.6 is 0 Å². The molecule has 0 unspecified atom stereocenters. The molecule has 0 aliphatic carbocycles. The molecule has 1 aromatic rings. The van der Waals surface area contributed by atoms with Crippen LogP contribution in [0.25, 0.3) is 18.2 Å². The third kappa shape index (κ3) is 3.08. The van der Waals surface area contributed by atoms with Crippen molar-refractivity contribution in [1.82, 2.24) is 4.48 Å². The maximum Gasteiger partial charge on any atom is 0.249 e. The van der Waals surface area contributed by atoms with Crippen molar-refractivity contribution >= 4 is 25.6 Å². The summed E-state index contributed by atoms with van der Waals surface area (Å²) < 4.78 is 2.17. The molecular formula is C17H21BN. The van der Waals surface area contributed by atoms with Crippen LogP contribution in [0.1, 0.15) is 29.4 Å². The van der Waals surface area contributed by atoms with Crippen LogP contribution in [-0.2, 0) is 0 Å². The van der Waals surface area contributed by atoms with E-state index in [1.54, 1.807) is 6.08 Å². The Kier molecular flexibility index (Phi) is 5.44. The maximum atomic E-state index is 3.92. The van der Waals surface area contributed by atoms with Gasteiger partial charge in [0, 0.05) is 17.0 Å². The second kappa shape index (κ2) is 6.84. The molecular weight excluding hydrogens is 229 g/mol. The molecule has 1 aromatic heterocycles. The Morgan fingerprint density at radius 3 is 2.37 bits per heavy atom. The molecule has 0 bridgehead atoms. The second-order valence-electron chi connectivity index (χ2n) is 4.33. The zero-order valence-electron chi connectivity index (χ0n) is 12.1. The fourth-order valence-corrected chi connectivity index (χ4v) is 2.09. The summed E-state index contributed by atoms with van der Waals surface area (Å²) in [6, 6.07) is 0. The predicted octanol–water partition coefficient (Wildman–Crippen LogP) is 4.74. The van der Waals surface area contributed by atoms with Gasteiger partial charge in [0.1, 0.15) is 0 Å². The number of hydrogen-bond acceptors (Lipinski definition) is 0. The van der Waals surface area contributed by atoms with Crippen molar-refractivity contribution < 1.29 is 0 Å². The summed E-state index contributed by atoms with van der Waals surface area (Å²) in [6.07, 6.45) is 11.7. The van der Waals surface area contributed by atoms with Gasteiger partial charge >= 0.3 is 0 Å². The first-order valence-corrected chi connectivity index (χ1v) is 6.37. The molecule has 0 saturated carbocycles. The number of nitrogens with zero attached hydrogens (tertiary/aromatic N) is 1. The van der Waals surface area contributed by atoms with Crippen molar-refractivity contribution in [3.05, 3.63) is 66.1 Å². The Morgan fingerprint density at radius 2 is 1.89 bits per heavy atom. The molecule has 0 fully saturated rings. The zero-order chi connectivity index (χ0) is 14.4. The van der Waals surface area contributed by atoms with Crippen molar-refractivity contribution in [3.63, 3.8) is 0 Å². The van der Waals surface area contributed by atoms with E-state index in [0.29, 0.717) is 0 Å². The van der Waals surface area contributed by atoms with Crippen LogP contribution in [0.2, 0.25) is 6.82 Å².